The number of halogens is 3. The molecule has 3 aromatic rings. The normalized spacial score (nSPS) is 13.9. The smallest absolute Gasteiger partial charge is 0.303 e. The Hall–Kier alpha value is -3.00. The second kappa shape index (κ2) is 8.74. The lowest BCUT2D eigenvalue weighted by atomic mass is 9.71. The lowest BCUT2D eigenvalue weighted by Gasteiger charge is -2.34. The minimum atomic E-state index is -1.10. The summed E-state index contributed by atoms with van der Waals surface area (Å²) >= 11 is 0. The summed E-state index contributed by atoms with van der Waals surface area (Å²) in [5, 5.41) is 30.7. The van der Waals surface area contributed by atoms with Crippen molar-refractivity contribution in [1.82, 2.24) is 4.57 Å². The summed E-state index contributed by atoms with van der Waals surface area (Å²) in [4.78, 5) is 11.4. The largest absolute Gasteiger partial charge is 0.507 e. The molecule has 178 valence electrons. The first-order chi connectivity index (χ1) is 15.4. The molecule has 0 bridgehead atoms. The number of aromatic nitrogens is 1. The van der Waals surface area contributed by atoms with E-state index >= 15 is 0 Å². The number of carbonyl (C=O) groups is 1. The number of aliphatic hydroxyl groups is 1. The van der Waals surface area contributed by atoms with Gasteiger partial charge in [-0.15, -0.1) is 0 Å². The lowest BCUT2D eigenvalue weighted by molar-refractivity contribution is -0.137. The number of hydrogen-bond donors (Lipinski definition) is 3. The zero-order valence-electron chi connectivity index (χ0n) is 19.0. The maximum Gasteiger partial charge on any atom is 0.303 e. The molecule has 2 aromatic carbocycles. The van der Waals surface area contributed by atoms with Crippen LogP contribution in [0, 0.1) is 17.5 Å². The van der Waals surface area contributed by atoms with Crippen LogP contribution in [0.15, 0.2) is 30.3 Å². The maximum absolute atomic E-state index is 14.5. The number of rotatable bonds is 8. The average Bonchev–Trinajstić information content (AvgIpc) is 3.10. The molecule has 33 heavy (non-hydrogen) atoms. The summed E-state index contributed by atoms with van der Waals surface area (Å²) in [5.41, 5.74) is -0.369. The third-order valence-corrected chi connectivity index (χ3v) is 6.49. The SMILES string of the molecule is CC[C@](C)(CCC(=O)O)c1c(C(C)(C)CO)n(-c2ccc(F)c(F)c2)c2cc(F)cc(O)c12. The fourth-order valence-electron chi connectivity index (χ4n) is 4.42. The van der Waals surface area contributed by atoms with Gasteiger partial charge in [-0.05, 0) is 42.0 Å². The van der Waals surface area contributed by atoms with E-state index in [9.17, 15) is 33.3 Å². The molecule has 1 aromatic heterocycles. The van der Waals surface area contributed by atoms with Crippen molar-refractivity contribution in [3.8, 4) is 11.4 Å². The number of phenols is 1. The first-order valence-electron chi connectivity index (χ1n) is 10.7. The van der Waals surface area contributed by atoms with Crippen molar-refractivity contribution in [2.75, 3.05) is 6.61 Å². The molecule has 3 rings (SSSR count). The highest BCUT2D eigenvalue weighted by Gasteiger charge is 2.40. The summed E-state index contributed by atoms with van der Waals surface area (Å²) in [7, 11) is 0. The zero-order chi connectivity index (χ0) is 24.7. The van der Waals surface area contributed by atoms with Crippen molar-refractivity contribution in [3.63, 3.8) is 0 Å². The topological polar surface area (TPSA) is 82.7 Å². The minimum Gasteiger partial charge on any atom is -0.507 e. The van der Waals surface area contributed by atoms with Crippen LogP contribution in [-0.2, 0) is 15.6 Å². The number of carboxylic acid groups (broad SMARTS) is 1. The van der Waals surface area contributed by atoms with E-state index in [4.69, 9.17) is 0 Å². The van der Waals surface area contributed by atoms with Crippen molar-refractivity contribution in [2.24, 2.45) is 0 Å². The molecule has 0 aliphatic carbocycles. The van der Waals surface area contributed by atoms with Crippen LogP contribution >= 0.6 is 0 Å². The van der Waals surface area contributed by atoms with E-state index in [0.717, 1.165) is 18.2 Å². The van der Waals surface area contributed by atoms with E-state index in [1.54, 1.807) is 13.8 Å². The number of aliphatic carboxylic acids is 1. The molecule has 3 N–H and O–H groups in total. The van der Waals surface area contributed by atoms with Crippen LogP contribution in [0.3, 0.4) is 0 Å². The van der Waals surface area contributed by atoms with Crippen molar-refractivity contribution in [3.05, 3.63) is 59.0 Å². The first kappa shape index (κ1) is 24.6. The van der Waals surface area contributed by atoms with E-state index in [-0.39, 0.29) is 41.8 Å². The molecule has 0 fully saturated rings. The number of nitrogens with zero attached hydrogens (tertiary/aromatic N) is 1. The van der Waals surface area contributed by atoms with Gasteiger partial charge < -0.3 is 19.9 Å². The van der Waals surface area contributed by atoms with Crippen molar-refractivity contribution < 1.29 is 33.3 Å². The molecule has 0 unspecified atom stereocenters. The Morgan fingerprint density at radius 2 is 1.73 bits per heavy atom. The van der Waals surface area contributed by atoms with Gasteiger partial charge in [0.05, 0.1) is 12.1 Å². The van der Waals surface area contributed by atoms with Gasteiger partial charge in [0.2, 0.25) is 0 Å². The van der Waals surface area contributed by atoms with Gasteiger partial charge in [-0.25, -0.2) is 13.2 Å². The van der Waals surface area contributed by atoms with Gasteiger partial charge in [0.1, 0.15) is 11.6 Å². The fourth-order valence-corrected chi connectivity index (χ4v) is 4.42. The summed E-state index contributed by atoms with van der Waals surface area (Å²) < 4.78 is 43.9. The van der Waals surface area contributed by atoms with Gasteiger partial charge in [0.15, 0.2) is 11.6 Å². The molecule has 0 radical (unpaired) electrons. The van der Waals surface area contributed by atoms with Crippen molar-refractivity contribution in [2.45, 2.75) is 57.8 Å². The molecule has 0 saturated heterocycles. The number of carboxylic acids is 1. The molecule has 1 heterocycles. The Morgan fingerprint density at radius 3 is 2.27 bits per heavy atom. The third-order valence-electron chi connectivity index (χ3n) is 6.49. The van der Waals surface area contributed by atoms with Gasteiger partial charge >= 0.3 is 5.97 Å². The van der Waals surface area contributed by atoms with Gasteiger partial charge in [0, 0.05) is 40.7 Å². The second-order valence-corrected chi connectivity index (χ2v) is 9.33. The molecule has 0 saturated carbocycles. The quantitative estimate of drug-likeness (QED) is 0.409. The Morgan fingerprint density at radius 1 is 1.06 bits per heavy atom. The Labute approximate surface area is 190 Å². The summed E-state index contributed by atoms with van der Waals surface area (Å²) in [6.45, 7) is 6.85. The average molecular weight is 463 g/mol. The fraction of sp³-hybridized carbons (Fsp3) is 0.400. The maximum atomic E-state index is 14.5. The second-order valence-electron chi connectivity index (χ2n) is 9.33. The molecule has 5 nitrogen and oxygen atoms in total. The van der Waals surface area contributed by atoms with Crippen molar-refractivity contribution >= 4 is 16.9 Å². The standard InChI is InChI=1S/C25H28F3NO4/c1-5-25(4,9-8-20(32)33)22-21-18(10-14(26)11-19(21)31)29(23(22)24(2,3)13-30)15-6-7-16(27)17(28)12-15/h6-7,10-12,30-31H,5,8-9,13H2,1-4H3,(H,32,33)/t25-/m1/s1. The number of aliphatic hydroxyl groups excluding tert-OH is 1. The van der Waals surface area contributed by atoms with E-state index in [1.807, 2.05) is 13.8 Å². The molecule has 8 heteroatoms. The Balaban J connectivity index is 2.56. The number of benzene rings is 2. The highest BCUT2D eigenvalue weighted by molar-refractivity contribution is 5.94. The highest BCUT2D eigenvalue weighted by atomic mass is 19.2. The number of hydrogen-bond acceptors (Lipinski definition) is 3. The van der Waals surface area contributed by atoms with Crippen LogP contribution in [0.2, 0.25) is 0 Å². The lowest BCUT2D eigenvalue weighted by Crippen LogP contribution is -2.32. The Kier molecular flexibility index (Phi) is 6.53. The van der Waals surface area contributed by atoms with E-state index in [1.165, 1.54) is 16.7 Å². The van der Waals surface area contributed by atoms with Gasteiger partial charge in [0.25, 0.3) is 0 Å². The van der Waals surface area contributed by atoms with Crippen LogP contribution in [0.5, 0.6) is 5.75 Å². The summed E-state index contributed by atoms with van der Waals surface area (Å²) in [5.74, 6) is -4.23. The number of phenolic OH excluding ortho intramolecular Hbond substituents is 1. The first-order valence-corrected chi connectivity index (χ1v) is 10.7. The van der Waals surface area contributed by atoms with Crippen LogP contribution in [0.4, 0.5) is 13.2 Å². The van der Waals surface area contributed by atoms with Crippen LogP contribution in [0.1, 0.15) is 58.2 Å². The molecule has 0 aliphatic rings. The monoisotopic (exact) mass is 463 g/mol. The molecule has 0 spiro atoms. The van der Waals surface area contributed by atoms with Gasteiger partial charge in [-0.2, -0.15) is 0 Å². The van der Waals surface area contributed by atoms with Crippen LogP contribution in [-0.4, -0.2) is 32.5 Å². The molecule has 1 atom stereocenters. The minimum absolute atomic E-state index is 0.150. The summed E-state index contributed by atoms with van der Waals surface area (Å²) in [6.07, 6.45) is 0.534. The predicted octanol–water partition coefficient (Wildman–Crippen LogP) is 5.56. The molecular formula is C25H28F3NO4. The molecular weight excluding hydrogens is 435 g/mol. The zero-order valence-corrected chi connectivity index (χ0v) is 19.0. The van der Waals surface area contributed by atoms with Gasteiger partial charge in [-0.1, -0.05) is 27.7 Å². The van der Waals surface area contributed by atoms with Crippen LogP contribution in [0.25, 0.3) is 16.6 Å². The third kappa shape index (κ3) is 4.31. The Bertz CT molecular complexity index is 1220. The number of fused-ring (bicyclic) bond motifs is 1. The highest BCUT2D eigenvalue weighted by Crippen LogP contribution is 2.48. The van der Waals surface area contributed by atoms with E-state index in [0.29, 0.717) is 17.7 Å². The molecule has 0 aliphatic heterocycles. The van der Waals surface area contributed by atoms with E-state index in [2.05, 4.69) is 0 Å². The predicted molar refractivity (Wildman–Crippen MR) is 119 cm³/mol. The van der Waals surface area contributed by atoms with Crippen molar-refractivity contribution in [1.29, 1.82) is 0 Å². The summed E-state index contributed by atoms with van der Waals surface area (Å²) in [6, 6.07) is 5.40. The van der Waals surface area contributed by atoms with E-state index < -0.39 is 34.3 Å². The van der Waals surface area contributed by atoms with Gasteiger partial charge in [-0.3, -0.25) is 4.79 Å². The van der Waals surface area contributed by atoms with Crippen LogP contribution < -0.4 is 0 Å². The molecule has 0 amide bonds. The number of aromatic hydroxyl groups is 1.